The summed E-state index contributed by atoms with van der Waals surface area (Å²) >= 11 is 0. The third-order valence-corrected chi connectivity index (χ3v) is 3.15. The summed E-state index contributed by atoms with van der Waals surface area (Å²) in [7, 11) is 0. The molecule has 1 N–H and O–H groups in total. The van der Waals surface area contributed by atoms with Crippen LogP contribution in [0.3, 0.4) is 0 Å². The number of aliphatic carboxylic acids is 1. The van der Waals surface area contributed by atoms with Crippen LogP contribution in [0.15, 0.2) is 30.3 Å². The molecule has 0 aromatic heterocycles. The summed E-state index contributed by atoms with van der Waals surface area (Å²) in [5.41, 5.74) is -0.261. The lowest BCUT2D eigenvalue weighted by Crippen LogP contribution is -2.53. The average Bonchev–Trinajstić information content (AvgIpc) is 2.40. The van der Waals surface area contributed by atoms with Crippen LogP contribution >= 0.6 is 0 Å². The maximum absolute atomic E-state index is 12.1. The third kappa shape index (κ3) is 4.06. The first-order valence-corrected chi connectivity index (χ1v) is 6.55. The van der Waals surface area contributed by atoms with Crippen LogP contribution in [0.1, 0.15) is 26.3 Å². The highest BCUT2D eigenvalue weighted by molar-refractivity contribution is 5.86. The van der Waals surface area contributed by atoms with Crippen LogP contribution in [0.5, 0.6) is 0 Å². The summed E-state index contributed by atoms with van der Waals surface area (Å²) in [6.45, 7) is 5.30. The number of carbonyl (C=O) groups is 2. The van der Waals surface area contributed by atoms with Crippen LogP contribution in [-0.4, -0.2) is 40.6 Å². The molecule has 0 spiro atoms. The molecule has 0 atom stereocenters. The van der Waals surface area contributed by atoms with Crippen LogP contribution in [-0.2, 0) is 20.9 Å². The molecule has 1 aromatic carbocycles. The van der Waals surface area contributed by atoms with Gasteiger partial charge in [-0.2, -0.15) is 0 Å². The number of carbonyl (C=O) groups excluding carboxylic acids is 1. The van der Waals surface area contributed by atoms with Crippen LogP contribution in [0.4, 0.5) is 0 Å². The van der Waals surface area contributed by atoms with E-state index in [-0.39, 0.29) is 12.5 Å². The second kappa shape index (κ2) is 7.05. The molecule has 0 fully saturated rings. The van der Waals surface area contributed by atoms with Gasteiger partial charge in [0.1, 0.15) is 12.1 Å². The van der Waals surface area contributed by atoms with Gasteiger partial charge in [0.25, 0.3) is 0 Å². The number of likely N-dealkylation sites (N-methyl/N-ethyl adjacent to an activating group) is 1. The third-order valence-electron chi connectivity index (χ3n) is 3.15. The molecule has 110 valence electrons. The quantitative estimate of drug-likeness (QED) is 0.828. The highest BCUT2D eigenvalue weighted by atomic mass is 16.5. The smallest absolute Gasteiger partial charge is 0.329 e. The molecule has 0 saturated carbocycles. The Kier molecular flexibility index (Phi) is 5.70. The Bertz CT molecular complexity index is 456. The molecule has 1 rings (SSSR count). The maximum atomic E-state index is 12.1. The highest BCUT2D eigenvalue weighted by Gasteiger charge is 2.36. The zero-order chi connectivity index (χ0) is 15.2. The summed E-state index contributed by atoms with van der Waals surface area (Å²) < 4.78 is 5.36. The molecular weight excluding hydrogens is 258 g/mol. The Morgan fingerprint density at radius 3 is 2.35 bits per heavy atom. The van der Waals surface area contributed by atoms with E-state index in [2.05, 4.69) is 0 Å². The maximum Gasteiger partial charge on any atom is 0.329 e. The van der Waals surface area contributed by atoms with Crippen molar-refractivity contribution in [1.29, 1.82) is 0 Å². The van der Waals surface area contributed by atoms with Gasteiger partial charge in [0.05, 0.1) is 6.61 Å². The molecule has 0 aliphatic carbocycles. The van der Waals surface area contributed by atoms with Crippen molar-refractivity contribution in [2.75, 3.05) is 13.2 Å². The molecule has 0 aliphatic heterocycles. The van der Waals surface area contributed by atoms with Crippen LogP contribution in [0.25, 0.3) is 0 Å². The summed E-state index contributed by atoms with van der Waals surface area (Å²) in [5.74, 6) is -1.36. The minimum absolute atomic E-state index is 0.126. The summed E-state index contributed by atoms with van der Waals surface area (Å²) in [5, 5.41) is 9.16. The molecule has 1 aromatic rings. The number of carboxylic acids is 1. The first kappa shape index (κ1) is 16.2. The Hall–Kier alpha value is -1.88. The lowest BCUT2D eigenvalue weighted by atomic mass is 10.0. The van der Waals surface area contributed by atoms with Gasteiger partial charge < -0.3 is 14.7 Å². The second-order valence-corrected chi connectivity index (χ2v) is 4.98. The number of hydrogen-bond acceptors (Lipinski definition) is 3. The molecule has 1 amide bonds. The lowest BCUT2D eigenvalue weighted by Gasteiger charge is -2.34. The topological polar surface area (TPSA) is 66.8 Å². The number of amides is 1. The Balaban J connectivity index is 2.54. The fraction of sp³-hybridized carbons (Fsp3) is 0.467. The van der Waals surface area contributed by atoms with E-state index >= 15 is 0 Å². The van der Waals surface area contributed by atoms with Crippen LogP contribution in [0, 0.1) is 0 Å². The molecule has 0 aliphatic rings. The van der Waals surface area contributed by atoms with Gasteiger partial charge in [-0.1, -0.05) is 30.3 Å². The Labute approximate surface area is 119 Å². The molecule has 0 bridgehead atoms. The van der Waals surface area contributed by atoms with Crippen molar-refractivity contribution in [3.8, 4) is 0 Å². The Morgan fingerprint density at radius 2 is 1.85 bits per heavy atom. The van der Waals surface area contributed by atoms with Crippen molar-refractivity contribution < 1.29 is 19.4 Å². The minimum Gasteiger partial charge on any atom is -0.480 e. The average molecular weight is 279 g/mol. The predicted octanol–water partition coefficient (Wildman–Crippen LogP) is 1.91. The van der Waals surface area contributed by atoms with Gasteiger partial charge in [0.15, 0.2) is 0 Å². The van der Waals surface area contributed by atoms with Crippen molar-refractivity contribution in [1.82, 2.24) is 4.90 Å². The SMILES string of the molecule is CCN(C(=O)COCc1ccccc1)C(C)(C)C(=O)O. The van der Waals surface area contributed by atoms with E-state index in [1.807, 2.05) is 30.3 Å². The van der Waals surface area contributed by atoms with Crippen molar-refractivity contribution in [3.63, 3.8) is 0 Å². The Morgan fingerprint density at radius 1 is 1.25 bits per heavy atom. The first-order chi connectivity index (χ1) is 9.39. The predicted molar refractivity (Wildman–Crippen MR) is 75.2 cm³/mol. The van der Waals surface area contributed by atoms with Gasteiger partial charge in [-0.3, -0.25) is 4.79 Å². The van der Waals surface area contributed by atoms with Gasteiger partial charge >= 0.3 is 5.97 Å². The summed E-state index contributed by atoms with van der Waals surface area (Å²) in [4.78, 5) is 24.5. The van der Waals surface area contributed by atoms with Crippen molar-refractivity contribution in [2.24, 2.45) is 0 Å². The lowest BCUT2D eigenvalue weighted by molar-refractivity contribution is -0.158. The number of benzene rings is 1. The van der Waals surface area contributed by atoms with E-state index in [1.54, 1.807) is 6.92 Å². The zero-order valence-corrected chi connectivity index (χ0v) is 12.1. The molecule has 0 saturated heterocycles. The number of ether oxygens (including phenoxy) is 1. The standard InChI is InChI=1S/C15H21NO4/c1-4-16(15(2,3)14(18)19)13(17)11-20-10-12-8-6-5-7-9-12/h5-9H,4,10-11H2,1-3H3,(H,18,19). The first-order valence-electron chi connectivity index (χ1n) is 6.55. The van der Waals surface area contributed by atoms with Gasteiger partial charge in [-0.15, -0.1) is 0 Å². The normalized spacial score (nSPS) is 11.2. The van der Waals surface area contributed by atoms with Gasteiger partial charge in [0.2, 0.25) is 5.91 Å². The van der Waals surface area contributed by atoms with E-state index in [1.165, 1.54) is 18.7 Å². The number of carboxylic acid groups (broad SMARTS) is 1. The molecule has 5 heteroatoms. The van der Waals surface area contributed by atoms with Crippen LogP contribution in [0.2, 0.25) is 0 Å². The van der Waals surface area contributed by atoms with Gasteiger partial charge in [-0.05, 0) is 26.3 Å². The molecule has 20 heavy (non-hydrogen) atoms. The second-order valence-electron chi connectivity index (χ2n) is 4.98. The number of rotatable bonds is 7. The molecule has 0 radical (unpaired) electrons. The van der Waals surface area contributed by atoms with E-state index in [9.17, 15) is 9.59 Å². The van der Waals surface area contributed by atoms with Gasteiger partial charge in [0, 0.05) is 6.54 Å². The molecule has 0 heterocycles. The van der Waals surface area contributed by atoms with Gasteiger partial charge in [-0.25, -0.2) is 4.79 Å². The number of nitrogens with zero attached hydrogens (tertiary/aromatic N) is 1. The fourth-order valence-corrected chi connectivity index (χ4v) is 1.91. The molecule has 5 nitrogen and oxygen atoms in total. The molecule has 0 unspecified atom stereocenters. The summed E-state index contributed by atoms with van der Waals surface area (Å²) in [6, 6.07) is 9.51. The zero-order valence-electron chi connectivity index (χ0n) is 12.1. The summed E-state index contributed by atoms with van der Waals surface area (Å²) in [6.07, 6.45) is 0. The van der Waals surface area contributed by atoms with E-state index in [0.29, 0.717) is 13.2 Å². The van der Waals surface area contributed by atoms with E-state index in [4.69, 9.17) is 9.84 Å². The van der Waals surface area contributed by atoms with E-state index < -0.39 is 11.5 Å². The van der Waals surface area contributed by atoms with Crippen LogP contribution < -0.4 is 0 Å². The van der Waals surface area contributed by atoms with Crippen molar-refractivity contribution in [2.45, 2.75) is 32.9 Å². The largest absolute Gasteiger partial charge is 0.480 e. The minimum atomic E-state index is -1.23. The van der Waals surface area contributed by atoms with E-state index in [0.717, 1.165) is 5.56 Å². The number of hydrogen-bond donors (Lipinski definition) is 1. The monoisotopic (exact) mass is 279 g/mol. The molecular formula is C15H21NO4. The van der Waals surface area contributed by atoms with Crippen molar-refractivity contribution in [3.05, 3.63) is 35.9 Å². The van der Waals surface area contributed by atoms with Crippen molar-refractivity contribution >= 4 is 11.9 Å². The highest BCUT2D eigenvalue weighted by Crippen LogP contribution is 2.15. The fourth-order valence-electron chi connectivity index (χ4n) is 1.91.